The Hall–Kier alpha value is -3.81. The molecule has 0 saturated carbocycles. The number of methoxy groups -OCH3 is 3. The molecule has 8 heteroatoms. The number of benzene rings is 2. The Morgan fingerprint density at radius 3 is 2.39 bits per heavy atom. The Morgan fingerprint density at radius 1 is 0.970 bits per heavy atom. The van der Waals surface area contributed by atoms with Gasteiger partial charge in [-0.15, -0.1) is 0 Å². The summed E-state index contributed by atoms with van der Waals surface area (Å²) in [6.45, 7) is 2.31. The highest BCUT2D eigenvalue weighted by Crippen LogP contribution is 2.30. The van der Waals surface area contributed by atoms with E-state index in [1.54, 1.807) is 26.4 Å². The summed E-state index contributed by atoms with van der Waals surface area (Å²) in [5.41, 5.74) is 2.36. The van der Waals surface area contributed by atoms with Gasteiger partial charge < -0.3 is 24.8 Å². The molecule has 0 aliphatic rings. The molecule has 0 radical (unpaired) electrons. The fraction of sp³-hybridized carbons (Fsp3) is 0.320. The van der Waals surface area contributed by atoms with Crippen LogP contribution in [0.25, 0.3) is 0 Å². The zero-order chi connectivity index (χ0) is 24.2. The standard InChI is InChI=1S/C25H30N2O6/c1-17(19-11-12-21(31-2)22(16-19)32-3)27-25(30)20-10-6-5-8-18(20)9-7-15-26-23(28)13-14-24(29)33-4/h5-6,8,10-14,16-17H,7,9,15H2,1-4H3,(H,26,28)(H,27,30)/b14-13-/t17-/m1/s1. The van der Waals surface area contributed by atoms with E-state index in [0.717, 1.165) is 23.3 Å². The van der Waals surface area contributed by atoms with Gasteiger partial charge in [-0.1, -0.05) is 24.3 Å². The topological polar surface area (TPSA) is 103 Å². The van der Waals surface area contributed by atoms with Crippen molar-refractivity contribution in [3.8, 4) is 11.5 Å². The molecule has 0 fully saturated rings. The van der Waals surface area contributed by atoms with Crippen LogP contribution in [-0.4, -0.2) is 45.7 Å². The van der Waals surface area contributed by atoms with Crippen LogP contribution in [0.5, 0.6) is 11.5 Å². The summed E-state index contributed by atoms with van der Waals surface area (Å²) in [6, 6.07) is 12.7. The minimum absolute atomic E-state index is 0.182. The Labute approximate surface area is 193 Å². The van der Waals surface area contributed by atoms with Gasteiger partial charge in [-0.3, -0.25) is 9.59 Å². The Balaban J connectivity index is 1.96. The second kappa shape index (κ2) is 12.9. The molecule has 8 nitrogen and oxygen atoms in total. The first-order valence-corrected chi connectivity index (χ1v) is 10.5. The summed E-state index contributed by atoms with van der Waals surface area (Å²) in [6.07, 6.45) is 3.43. The van der Waals surface area contributed by atoms with Crippen molar-refractivity contribution in [2.24, 2.45) is 0 Å². The molecule has 0 aliphatic carbocycles. The molecule has 33 heavy (non-hydrogen) atoms. The van der Waals surface area contributed by atoms with Gasteiger partial charge in [0.15, 0.2) is 11.5 Å². The number of amides is 2. The fourth-order valence-electron chi connectivity index (χ4n) is 3.20. The smallest absolute Gasteiger partial charge is 0.330 e. The van der Waals surface area contributed by atoms with E-state index in [-0.39, 0.29) is 17.9 Å². The number of carbonyl (C=O) groups excluding carboxylic acids is 3. The number of hydrogen-bond donors (Lipinski definition) is 2. The molecule has 0 bridgehead atoms. The number of rotatable bonds is 11. The summed E-state index contributed by atoms with van der Waals surface area (Å²) in [5.74, 6) is 0.0680. The molecular formula is C25H30N2O6. The van der Waals surface area contributed by atoms with Gasteiger partial charge in [0.2, 0.25) is 5.91 Å². The van der Waals surface area contributed by atoms with Gasteiger partial charge in [-0.05, 0) is 49.1 Å². The van der Waals surface area contributed by atoms with Crippen LogP contribution in [0, 0.1) is 0 Å². The third kappa shape index (κ3) is 7.68. The van der Waals surface area contributed by atoms with Crippen LogP contribution in [0.15, 0.2) is 54.6 Å². The molecule has 1 atom stereocenters. The molecule has 0 saturated heterocycles. The van der Waals surface area contributed by atoms with Crippen LogP contribution in [0.3, 0.4) is 0 Å². The molecule has 2 aromatic rings. The maximum absolute atomic E-state index is 13.0. The maximum atomic E-state index is 13.0. The number of hydrogen-bond acceptors (Lipinski definition) is 6. The van der Waals surface area contributed by atoms with E-state index < -0.39 is 5.97 Å². The Bertz CT molecular complexity index is 1000. The Morgan fingerprint density at radius 2 is 1.70 bits per heavy atom. The second-order valence-electron chi connectivity index (χ2n) is 7.22. The molecule has 2 rings (SSSR count). The molecule has 176 valence electrons. The first-order valence-electron chi connectivity index (χ1n) is 10.5. The van der Waals surface area contributed by atoms with E-state index >= 15 is 0 Å². The SMILES string of the molecule is COC(=O)/C=C\C(=O)NCCCc1ccccc1C(=O)N[C@H](C)c1ccc(OC)c(OC)c1. The lowest BCUT2D eigenvalue weighted by molar-refractivity contribution is -0.135. The van der Waals surface area contributed by atoms with Crippen molar-refractivity contribution >= 4 is 17.8 Å². The van der Waals surface area contributed by atoms with E-state index in [0.29, 0.717) is 36.4 Å². The van der Waals surface area contributed by atoms with E-state index in [9.17, 15) is 14.4 Å². The Kier molecular flexibility index (Phi) is 9.95. The lowest BCUT2D eigenvalue weighted by Crippen LogP contribution is -2.28. The summed E-state index contributed by atoms with van der Waals surface area (Å²) in [7, 11) is 4.38. The first kappa shape index (κ1) is 25.5. The highest BCUT2D eigenvalue weighted by atomic mass is 16.5. The highest BCUT2D eigenvalue weighted by Gasteiger charge is 2.16. The third-order valence-electron chi connectivity index (χ3n) is 5.01. The summed E-state index contributed by atoms with van der Waals surface area (Å²) in [5, 5.41) is 5.72. The average Bonchev–Trinajstić information content (AvgIpc) is 2.84. The fourth-order valence-corrected chi connectivity index (χ4v) is 3.20. The van der Waals surface area contributed by atoms with Crippen molar-refractivity contribution in [3.63, 3.8) is 0 Å². The third-order valence-corrected chi connectivity index (χ3v) is 5.01. The van der Waals surface area contributed by atoms with Gasteiger partial charge >= 0.3 is 5.97 Å². The molecular weight excluding hydrogens is 424 g/mol. The van der Waals surface area contributed by atoms with Crippen molar-refractivity contribution in [2.75, 3.05) is 27.9 Å². The van der Waals surface area contributed by atoms with E-state index in [4.69, 9.17) is 9.47 Å². The van der Waals surface area contributed by atoms with E-state index in [2.05, 4.69) is 15.4 Å². The van der Waals surface area contributed by atoms with Crippen molar-refractivity contribution in [2.45, 2.75) is 25.8 Å². The zero-order valence-corrected chi connectivity index (χ0v) is 19.3. The van der Waals surface area contributed by atoms with Gasteiger partial charge in [0, 0.05) is 24.3 Å². The largest absolute Gasteiger partial charge is 0.493 e. The first-order chi connectivity index (χ1) is 15.9. The zero-order valence-electron chi connectivity index (χ0n) is 19.3. The lowest BCUT2D eigenvalue weighted by atomic mass is 10.0. The van der Waals surface area contributed by atoms with Gasteiger partial charge in [0.1, 0.15) is 0 Å². The normalized spacial score (nSPS) is 11.5. The van der Waals surface area contributed by atoms with Crippen LogP contribution in [0.1, 0.15) is 40.9 Å². The van der Waals surface area contributed by atoms with Crippen LogP contribution >= 0.6 is 0 Å². The van der Waals surface area contributed by atoms with Gasteiger partial charge in [0.25, 0.3) is 5.91 Å². The number of aryl methyl sites for hydroxylation is 1. The molecule has 0 aromatic heterocycles. The summed E-state index contributed by atoms with van der Waals surface area (Å²) < 4.78 is 15.1. The van der Waals surface area contributed by atoms with E-state index in [1.807, 2.05) is 37.3 Å². The van der Waals surface area contributed by atoms with Crippen molar-refractivity contribution in [3.05, 3.63) is 71.3 Å². The van der Waals surface area contributed by atoms with Crippen LogP contribution in [0.2, 0.25) is 0 Å². The molecule has 2 amide bonds. The monoisotopic (exact) mass is 454 g/mol. The van der Waals surface area contributed by atoms with E-state index in [1.165, 1.54) is 7.11 Å². The number of carbonyl (C=O) groups is 3. The molecule has 2 N–H and O–H groups in total. The van der Waals surface area contributed by atoms with Gasteiger partial charge in [-0.25, -0.2) is 4.79 Å². The predicted molar refractivity (Wildman–Crippen MR) is 124 cm³/mol. The average molecular weight is 455 g/mol. The summed E-state index contributed by atoms with van der Waals surface area (Å²) in [4.78, 5) is 35.7. The second-order valence-corrected chi connectivity index (χ2v) is 7.22. The number of ether oxygens (including phenoxy) is 3. The number of nitrogens with one attached hydrogen (secondary N) is 2. The van der Waals surface area contributed by atoms with Gasteiger partial charge in [0.05, 0.1) is 27.4 Å². The molecule has 2 aromatic carbocycles. The van der Waals surface area contributed by atoms with Crippen LogP contribution < -0.4 is 20.1 Å². The highest BCUT2D eigenvalue weighted by molar-refractivity contribution is 5.96. The van der Waals surface area contributed by atoms with Gasteiger partial charge in [-0.2, -0.15) is 0 Å². The quantitative estimate of drug-likeness (QED) is 0.307. The maximum Gasteiger partial charge on any atom is 0.330 e. The van der Waals surface area contributed by atoms with Crippen molar-refractivity contribution in [1.82, 2.24) is 10.6 Å². The molecule has 0 heterocycles. The molecule has 0 spiro atoms. The summed E-state index contributed by atoms with van der Waals surface area (Å²) >= 11 is 0. The minimum atomic E-state index is -0.590. The van der Waals surface area contributed by atoms with Crippen LogP contribution in [-0.2, 0) is 20.7 Å². The minimum Gasteiger partial charge on any atom is -0.493 e. The number of esters is 1. The lowest BCUT2D eigenvalue weighted by Gasteiger charge is -2.18. The molecule has 0 unspecified atom stereocenters. The van der Waals surface area contributed by atoms with Crippen molar-refractivity contribution < 1.29 is 28.6 Å². The van der Waals surface area contributed by atoms with Crippen LogP contribution in [0.4, 0.5) is 0 Å². The molecule has 0 aliphatic heterocycles. The van der Waals surface area contributed by atoms with Crippen molar-refractivity contribution in [1.29, 1.82) is 0 Å². The predicted octanol–water partition coefficient (Wildman–Crippen LogP) is 2.97.